The van der Waals surface area contributed by atoms with Gasteiger partial charge in [0.25, 0.3) is 0 Å². The number of benzene rings is 1. The SMILES string of the molecule is CCN(CCCCO)c1cccc(N)c1. The second-order valence-electron chi connectivity index (χ2n) is 3.61. The molecule has 3 heteroatoms. The van der Waals surface area contributed by atoms with E-state index in [9.17, 15) is 0 Å². The predicted molar refractivity (Wildman–Crippen MR) is 65.1 cm³/mol. The Morgan fingerprint density at radius 3 is 2.73 bits per heavy atom. The Hall–Kier alpha value is -1.22. The van der Waals surface area contributed by atoms with Crippen molar-refractivity contribution in [3.63, 3.8) is 0 Å². The van der Waals surface area contributed by atoms with Crippen molar-refractivity contribution in [2.24, 2.45) is 0 Å². The molecule has 0 saturated carbocycles. The maximum absolute atomic E-state index is 8.73. The van der Waals surface area contributed by atoms with Gasteiger partial charge in [-0.2, -0.15) is 0 Å². The molecule has 0 aliphatic rings. The minimum atomic E-state index is 0.272. The summed E-state index contributed by atoms with van der Waals surface area (Å²) in [5, 5.41) is 8.73. The van der Waals surface area contributed by atoms with Crippen molar-refractivity contribution in [3.8, 4) is 0 Å². The summed E-state index contributed by atoms with van der Waals surface area (Å²) < 4.78 is 0. The van der Waals surface area contributed by atoms with Crippen LogP contribution in [0.25, 0.3) is 0 Å². The number of aliphatic hydroxyl groups is 1. The van der Waals surface area contributed by atoms with Gasteiger partial charge in [0.15, 0.2) is 0 Å². The molecule has 15 heavy (non-hydrogen) atoms. The van der Waals surface area contributed by atoms with Crippen LogP contribution in [0.5, 0.6) is 0 Å². The van der Waals surface area contributed by atoms with Crippen LogP contribution in [0.4, 0.5) is 11.4 Å². The van der Waals surface area contributed by atoms with Crippen molar-refractivity contribution >= 4 is 11.4 Å². The number of rotatable bonds is 6. The zero-order chi connectivity index (χ0) is 11.1. The first kappa shape index (κ1) is 11.9. The van der Waals surface area contributed by atoms with E-state index in [1.54, 1.807) is 0 Å². The lowest BCUT2D eigenvalue weighted by Crippen LogP contribution is -2.24. The van der Waals surface area contributed by atoms with Crippen LogP contribution in [0.1, 0.15) is 19.8 Å². The van der Waals surface area contributed by atoms with Crippen molar-refractivity contribution < 1.29 is 5.11 Å². The highest BCUT2D eigenvalue weighted by Gasteiger charge is 2.03. The van der Waals surface area contributed by atoms with Crippen molar-refractivity contribution in [2.45, 2.75) is 19.8 Å². The quantitative estimate of drug-likeness (QED) is 0.554. The Kier molecular flexibility index (Phi) is 4.98. The molecule has 0 aliphatic heterocycles. The second-order valence-corrected chi connectivity index (χ2v) is 3.61. The molecule has 1 rings (SSSR count). The fraction of sp³-hybridized carbons (Fsp3) is 0.500. The van der Waals surface area contributed by atoms with Crippen LogP contribution < -0.4 is 10.6 Å². The highest BCUT2D eigenvalue weighted by Crippen LogP contribution is 2.17. The van der Waals surface area contributed by atoms with Crippen LogP contribution in [0.3, 0.4) is 0 Å². The first-order valence-electron chi connectivity index (χ1n) is 5.49. The third-order valence-electron chi connectivity index (χ3n) is 2.45. The topological polar surface area (TPSA) is 49.5 Å². The number of hydrogen-bond acceptors (Lipinski definition) is 3. The number of hydrogen-bond donors (Lipinski definition) is 2. The molecular formula is C12H20N2O. The summed E-state index contributed by atoms with van der Waals surface area (Å²) >= 11 is 0. The molecule has 1 aromatic rings. The van der Waals surface area contributed by atoms with E-state index in [2.05, 4.69) is 17.9 Å². The minimum absolute atomic E-state index is 0.272. The fourth-order valence-corrected chi connectivity index (χ4v) is 1.61. The molecule has 0 radical (unpaired) electrons. The Balaban J connectivity index is 2.57. The third-order valence-corrected chi connectivity index (χ3v) is 2.45. The normalized spacial score (nSPS) is 10.3. The lowest BCUT2D eigenvalue weighted by Gasteiger charge is -2.23. The highest BCUT2D eigenvalue weighted by molar-refractivity contribution is 5.55. The summed E-state index contributed by atoms with van der Waals surface area (Å²) in [5.74, 6) is 0. The van der Waals surface area contributed by atoms with Crippen molar-refractivity contribution in [1.82, 2.24) is 0 Å². The molecule has 0 amide bonds. The number of nitrogen functional groups attached to an aromatic ring is 1. The molecular weight excluding hydrogens is 188 g/mol. The lowest BCUT2D eigenvalue weighted by molar-refractivity contribution is 0.285. The summed E-state index contributed by atoms with van der Waals surface area (Å²) in [7, 11) is 0. The van der Waals surface area contributed by atoms with E-state index in [4.69, 9.17) is 10.8 Å². The largest absolute Gasteiger partial charge is 0.399 e. The molecule has 0 aliphatic carbocycles. The summed E-state index contributed by atoms with van der Waals surface area (Å²) in [4.78, 5) is 2.27. The number of anilines is 2. The highest BCUT2D eigenvalue weighted by atomic mass is 16.2. The van der Waals surface area contributed by atoms with Crippen LogP contribution in [0, 0.1) is 0 Å². The molecule has 0 bridgehead atoms. The van der Waals surface area contributed by atoms with Gasteiger partial charge in [0, 0.05) is 31.1 Å². The molecule has 0 atom stereocenters. The monoisotopic (exact) mass is 208 g/mol. The summed E-state index contributed by atoms with van der Waals surface area (Å²) in [6.07, 6.45) is 1.87. The molecule has 3 N–H and O–H groups in total. The maximum atomic E-state index is 8.73. The fourth-order valence-electron chi connectivity index (χ4n) is 1.61. The first-order chi connectivity index (χ1) is 7.27. The van der Waals surface area contributed by atoms with Gasteiger partial charge in [-0.15, -0.1) is 0 Å². The molecule has 0 unspecified atom stereocenters. The molecule has 3 nitrogen and oxygen atoms in total. The number of aliphatic hydroxyl groups excluding tert-OH is 1. The number of nitrogens with zero attached hydrogens (tertiary/aromatic N) is 1. The van der Waals surface area contributed by atoms with Gasteiger partial charge >= 0.3 is 0 Å². The van der Waals surface area contributed by atoms with Gasteiger partial charge in [0.05, 0.1) is 0 Å². The molecule has 0 spiro atoms. The Bertz CT molecular complexity index is 289. The van der Waals surface area contributed by atoms with E-state index >= 15 is 0 Å². The average molecular weight is 208 g/mol. The molecule has 84 valence electrons. The van der Waals surface area contributed by atoms with E-state index in [0.717, 1.165) is 37.3 Å². The van der Waals surface area contributed by atoms with Gasteiger partial charge < -0.3 is 15.7 Å². The van der Waals surface area contributed by atoms with Gasteiger partial charge in [-0.25, -0.2) is 0 Å². The van der Waals surface area contributed by atoms with E-state index in [0.29, 0.717) is 0 Å². The smallest absolute Gasteiger partial charge is 0.0431 e. The van der Waals surface area contributed by atoms with Crippen LogP contribution in [-0.4, -0.2) is 24.8 Å². The van der Waals surface area contributed by atoms with E-state index in [1.165, 1.54) is 0 Å². The van der Waals surface area contributed by atoms with Crippen LogP contribution in [0.15, 0.2) is 24.3 Å². The van der Waals surface area contributed by atoms with Gasteiger partial charge in [-0.3, -0.25) is 0 Å². The molecule has 0 saturated heterocycles. The van der Waals surface area contributed by atoms with E-state index in [-0.39, 0.29) is 6.61 Å². The van der Waals surface area contributed by atoms with Gasteiger partial charge in [-0.1, -0.05) is 6.07 Å². The third kappa shape index (κ3) is 3.80. The lowest BCUT2D eigenvalue weighted by atomic mass is 10.2. The summed E-state index contributed by atoms with van der Waals surface area (Å²) in [5.41, 5.74) is 7.70. The van der Waals surface area contributed by atoms with Crippen molar-refractivity contribution in [1.29, 1.82) is 0 Å². The first-order valence-corrected chi connectivity index (χ1v) is 5.49. The van der Waals surface area contributed by atoms with Gasteiger partial charge in [-0.05, 0) is 38.0 Å². The van der Waals surface area contributed by atoms with Crippen LogP contribution >= 0.6 is 0 Å². The summed E-state index contributed by atoms with van der Waals surface area (Å²) in [6, 6.07) is 7.92. The van der Waals surface area contributed by atoms with E-state index in [1.807, 2.05) is 18.2 Å². The molecule has 0 fully saturated rings. The molecule has 0 aromatic heterocycles. The van der Waals surface area contributed by atoms with Crippen molar-refractivity contribution in [3.05, 3.63) is 24.3 Å². The Morgan fingerprint density at radius 1 is 1.33 bits per heavy atom. The number of unbranched alkanes of at least 4 members (excludes halogenated alkanes) is 1. The standard InChI is InChI=1S/C12H20N2O/c1-2-14(8-3-4-9-15)12-7-5-6-11(13)10-12/h5-7,10,15H,2-4,8-9,13H2,1H3. The minimum Gasteiger partial charge on any atom is -0.399 e. The van der Waals surface area contributed by atoms with Gasteiger partial charge in [0.1, 0.15) is 0 Å². The summed E-state index contributed by atoms with van der Waals surface area (Å²) in [6.45, 7) is 4.34. The van der Waals surface area contributed by atoms with Gasteiger partial charge in [0.2, 0.25) is 0 Å². The maximum Gasteiger partial charge on any atom is 0.0431 e. The Morgan fingerprint density at radius 2 is 2.13 bits per heavy atom. The Labute approximate surface area is 91.5 Å². The zero-order valence-electron chi connectivity index (χ0n) is 9.32. The molecule has 1 aromatic carbocycles. The van der Waals surface area contributed by atoms with Crippen LogP contribution in [-0.2, 0) is 0 Å². The van der Waals surface area contributed by atoms with E-state index < -0.39 is 0 Å². The zero-order valence-corrected chi connectivity index (χ0v) is 9.32. The molecule has 0 heterocycles. The predicted octanol–water partition coefficient (Wildman–Crippen LogP) is 1.87. The average Bonchev–Trinajstić information content (AvgIpc) is 2.24. The van der Waals surface area contributed by atoms with Crippen LogP contribution in [0.2, 0.25) is 0 Å². The van der Waals surface area contributed by atoms with Crippen molar-refractivity contribution in [2.75, 3.05) is 30.3 Å². The second kappa shape index (κ2) is 6.30. The number of nitrogens with two attached hydrogens (primary N) is 1.